The SMILES string of the molecule is Cc1ccc(Br)cc1NC(C)C(=O)N(C)C. The molecule has 0 aliphatic carbocycles. The lowest BCUT2D eigenvalue weighted by Gasteiger charge is -2.20. The number of rotatable bonds is 3. The maximum Gasteiger partial charge on any atom is 0.244 e. The number of likely N-dealkylation sites (N-methyl/N-ethyl adjacent to an activating group) is 1. The number of hydrogen-bond donors (Lipinski definition) is 1. The zero-order chi connectivity index (χ0) is 12.3. The van der Waals surface area contributed by atoms with Crippen molar-refractivity contribution in [2.24, 2.45) is 0 Å². The van der Waals surface area contributed by atoms with Crippen molar-refractivity contribution in [2.45, 2.75) is 19.9 Å². The number of halogens is 1. The Kier molecular flexibility index (Phi) is 4.35. The van der Waals surface area contributed by atoms with Crippen LogP contribution in [0.3, 0.4) is 0 Å². The van der Waals surface area contributed by atoms with Gasteiger partial charge < -0.3 is 10.2 Å². The Morgan fingerprint density at radius 1 is 1.44 bits per heavy atom. The van der Waals surface area contributed by atoms with E-state index in [1.165, 1.54) is 0 Å². The average molecular weight is 285 g/mol. The predicted molar refractivity (Wildman–Crippen MR) is 70.7 cm³/mol. The summed E-state index contributed by atoms with van der Waals surface area (Å²) in [6.07, 6.45) is 0. The van der Waals surface area contributed by atoms with Gasteiger partial charge >= 0.3 is 0 Å². The van der Waals surface area contributed by atoms with Crippen molar-refractivity contribution in [3.05, 3.63) is 28.2 Å². The van der Waals surface area contributed by atoms with E-state index >= 15 is 0 Å². The van der Waals surface area contributed by atoms with E-state index in [1.54, 1.807) is 19.0 Å². The molecule has 0 fully saturated rings. The van der Waals surface area contributed by atoms with Crippen LogP contribution in [-0.4, -0.2) is 30.9 Å². The van der Waals surface area contributed by atoms with E-state index in [4.69, 9.17) is 0 Å². The number of nitrogens with one attached hydrogen (secondary N) is 1. The average Bonchev–Trinajstić information content (AvgIpc) is 2.22. The van der Waals surface area contributed by atoms with Gasteiger partial charge in [0.2, 0.25) is 5.91 Å². The van der Waals surface area contributed by atoms with Gasteiger partial charge in [-0.3, -0.25) is 4.79 Å². The van der Waals surface area contributed by atoms with Crippen LogP contribution in [-0.2, 0) is 4.79 Å². The molecule has 16 heavy (non-hydrogen) atoms. The van der Waals surface area contributed by atoms with Crippen molar-refractivity contribution in [2.75, 3.05) is 19.4 Å². The normalized spacial score (nSPS) is 12.1. The molecule has 4 heteroatoms. The Morgan fingerprint density at radius 2 is 2.06 bits per heavy atom. The summed E-state index contributed by atoms with van der Waals surface area (Å²) in [7, 11) is 3.52. The van der Waals surface area contributed by atoms with Gasteiger partial charge in [-0.15, -0.1) is 0 Å². The molecule has 1 rings (SSSR count). The highest BCUT2D eigenvalue weighted by molar-refractivity contribution is 9.10. The molecule has 0 saturated heterocycles. The number of carbonyl (C=O) groups is 1. The number of aryl methyl sites for hydroxylation is 1. The van der Waals surface area contributed by atoms with Crippen molar-refractivity contribution >= 4 is 27.5 Å². The Morgan fingerprint density at radius 3 is 2.62 bits per heavy atom. The molecule has 3 nitrogen and oxygen atoms in total. The lowest BCUT2D eigenvalue weighted by Crippen LogP contribution is -2.36. The Hall–Kier alpha value is -1.03. The lowest BCUT2D eigenvalue weighted by atomic mass is 10.2. The van der Waals surface area contributed by atoms with Crippen LogP contribution in [0.25, 0.3) is 0 Å². The summed E-state index contributed by atoms with van der Waals surface area (Å²) in [5.74, 6) is 0.0689. The predicted octanol–water partition coefficient (Wildman–Crippen LogP) is 2.65. The molecule has 0 spiro atoms. The van der Waals surface area contributed by atoms with Crippen LogP contribution in [0.4, 0.5) is 5.69 Å². The standard InChI is InChI=1S/C12H17BrN2O/c1-8-5-6-10(13)7-11(8)14-9(2)12(16)15(3)4/h5-7,9,14H,1-4H3. The minimum atomic E-state index is -0.219. The smallest absolute Gasteiger partial charge is 0.244 e. The van der Waals surface area contributed by atoms with E-state index in [9.17, 15) is 4.79 Å². The van der Waals surface area contributed by atoms with Crippen molar-refractivity contribution < 1.29 is 4.79 Å². The Balaban J connectivity index is 2.80. The molecule has 88 valence electrons. The highest BCUT2D eigenvalue weighted by Crippen LogP contribution is 2.21. The first-order valence-corrected chi connectivity index (χ1v) is 5.95. The fourth-order valence-corrected chi connectivity index (χ4v) is 1.79. The zero-order valence-corrected chi connectivity index (χ0v) is 11.6. The molecule has 1 atom stereocenters. The van der Waals surface area contributed by atoms with Gasteiger partial charge in [0.25, 0.3) is 0 Å². The first-order valence-electron chi connectivity index (χ1n) is 5.15. The summed E-state index contributed by atoms with van der Waals surface area (Å²) in [5.41, 5.74) is 2.11. The summed E-state index contributed by atoms with van der Waals surface area (Å²) in [4.78, 5) is 13.3. The van der Waals surface area contributed by atoms with E-state index in [0.717, 1.165) is 15.7 Å². The van der Waals surface area contributed by atoms with E-state index in [0.29, 0.717) is 0 Å². The first-order chi connectivity index (χ1) is 7.41. The van der Waals surface area contributed by atoms with Crippen molar-refractivity contribution in [3.63, 3.8) is 0 Å². The van der Waals surface area contributed by atoms with Crippen LogP contribution in [0.15, 0.2) is 22.7 Å². The number of anilines is 1. The second kappa shape index (κ2) is 5.34. The highest BCUT2D eigenvalue weighted by Gasteiger charge is 2.15. The number of benzene rings is 1. The fourth-order valence-electron chi connectivity index (χ4n) is 1.43. The van der Waals surface area contributed by atoms with E-state index in [1.807, 2.05) is 32.0 Å². The van der Waals surface area contributed by atoms with Gasteiger partial charge in [0.05, 0.1) is 0 Å². The van der Waals surface area contributed by atoms with Gasteiger partial charge in [-0.2, -0.15) is 0 Å². The third kappa shape index (κ3) is 3.23. The van der Waals surface area contributed by atoms with Gasteiger partial charge in [0, 0.05) is 24.3 Å². The fraction of sp³-hybridized carbons (Fsp3) is 0.417. The molecule has 1 amide bonds. The van der Waals surface area contributed by atoms with Crippen molar-refractivity contribution in [1.29, 1.82) is 0 Å². The van der Waals surface area contributed by atoms with E-state index in [2.05, 4.69) is 21.2 Å². The van der Waals surface area contributed by atoms with Gasteiger partial charge in [-0.1, -0.05) is 22.0 Å². The molecular formula is C12H17BrN2O. The third-order valence-corrected chi connectivity index (χ3v) is 2.88. The number of hydrogen-bond acceptors (Lipinski definition) is 2. The lowest BCUT2D eigenvalue weighted by molar-refractivity contribution is -0.129. The Labute approximate surface area is 105 Å². The molecule has 0 aliphatic heterocycles. The van der Waals surface area contributed by atoms with Gasteiger partial charge in [-0.25, -0.2) is 0 Å². The molecule has 1 N–H and O–H groups in total. The maximum absolute atomic E-state index is 11.7. The summed E-state index contributed by atoms with van der Waals surface area (Å²) >= 11 is 3.42. The monoisotopic (exact) mass is 284 g/mol. The van der Waals surface area contributed by atoms with E-state index < -0.39 is 0 Å². The van der Waals surface area contributed by atoms with Crippen LogP contribution in [0.5, 0.6) is 0 Å². The second-order valence-electron chi connectivity index (χ2n) is 4.06. The molecule has 1 aromatic rings. The molecule has 0 saturated carbocycles. The van der Waals surface area contributed by atoms with Crippen LogP contribution in [0, 0.1) is 6.92 Å². The van der Waals surface area contributed by atoms with Crippen LogP contribution in [0.2, 0.25) is 0 Å². The van der Waals surface area contributed by atoms with Crippen LogP contribution in [0.1, 0.15) is 12.5 Å². The largest absolute Gasteiger partial charge is 0.374 e. The molecule has 0 aliphatic rings. The topological polar surface area (TPSA) is 32.3 Å². The molecule has 0 radical (unpaired) electrons. The zero-order valence-electron chi connectivity index (χ0n) is 10.0. The minimum Gasteiger partial charge on any atom is -0.374 e. The second-order valence-corrected chi connectivity index (χ2v) is 4.97. The maximum atomic E-state index is 11.7. The number of carbonyl (C=O) groups excluding carboxylic acids is 1. The summed E-state index contributed by atoms with van der Waals surface area (Å²) in [6.45, 7) is 3.88. The van der Waals surface area contributed by atoms with E-state index in [-0.39, 0.29) is 11.9 Å². The quantitative estimate of drug-likeness (QED) is 0.926. The molecule has 1 unspecified atom stereocenters. The van der Waals surface area contributed by atoms with Gasteiger partial charge in [-0.05, 0) is 31.5 Å². The highest BCUT2D eigenvalue weighted by atomic mass is 79.9. The van der Waals surface area contributed by atoms with Crippen molar-refractivity contribution in [1.82, 2.24) is 4.90 Å². The van der Waals surface area contributed by atoms with Gasteiger partial charge in [0.1, 0.15) is 6.04 Å². The minimum absolute atomic E-state index is 0.0689. The molecule has 0 bridgehead atoms. The third-order valence-electron chi connectivity index (χ3n) is 2.38. The van der Waals surface area contributed by atoms with Crippen LogP contribution >= 0.6 is 15.9 Å². The summed E-state index contributed by atoms with van der Waals surface area (Å²) < 4.78 is 1.00. The number of amides is 1. The molecular weight excluding hydrogens is 268 g/mol. The molecule has 0 heterocycles. The Bertz CT molecular complexity index is 391. The first kappa shape index (κ1) is 13.0. The van der Waals surface area contributed by atoms with Crippen LogP contribution < -0.4 is 5.32 Å². The molecule has 1 aromatic carbocycles. The summed E-state index contributed by atoms with van der Waals surface area (Å²) in [6, 6.07) is 5.76. The number of nitrogens with zero attached hydrogens (tertiary/aromatic N) is 1. The summed E-state index contributed by atoms with van der Waals surface area (Å²) in [5, 5.41) is 3.21. The van der Waals surface area contributed by atoms with Crippen molar-refractivity contribution in [3.8, 4) is 0 Å². The molecule has 0 aromatic heterocycles. The van der Waals surface area contributed by atoms with Gasteiger partial charge in [0.15, 0.2) is 0 Å².